The summed E-state index contributed by atoms with van der Waals surface area (Å²) in [7, 11) is 1.31. The number of aromatic nitrogens is 2. The van der Waals surface area contributed by atoms with Crippen molar-refractivity contribution in [1.82, 2.24) is 15.3 Å². The Morgan fingerprint density at radius 1 is 1.23 bits per heavy atom. The molecule has 1 unspecified atom stereocenters. The van der Waals surface area contributed by atoms with Gasteiger partial charge in [0.15, 0.2) is 10.8 Å². The molecule has 0 saturated carbocycles. The smallest absolute Gasteiger partial charge is 0.338 e. The molecule has 0 amide bonds. The second kappa shape index (κ2) is 11.1. The van der Waals surface area contributed by atoms with Gasteiger partial charge in [-0.05, 0) is 43.5 Å². The first-order valence-electron chi connectivity index (χ1n) is 12.2. The number of hydrogen-bond donors (Lipinski definition) is 2. The predicted molar refractivity (Wildman–Crippen MR) is 146 cm³/mol. The van der Waals surface area contributed by atoms with Crippen molar-refractivity contribution in [2.45, 2.75) is 25.8 Å². The zero-order valence-electron chi connectivity index (χ0n) is 21.1. The van der Waals surface area contributed by atoms with Crippen molar-refractivity contribution in [1.29, 1.82) is 0 Å². The quantitative estimate of drug-likeness (QED) is 0.408. The Kier molecular flexibility index (Phi) is 7.62. The average molecular weight is 570 g/mol. The van der Waals surface area contributed by atoms with Crippen LogP contribution in [-0.2, 0) is 9.53 Å². The molecular formula is C27H25ClFN5O4S. The maximum absolute atomic E-state index is 13.9. The number of halogens is 2. The second-order valence-electron chi connectivity index (χ2n) is 9.25. The Hall–Kier alpha value is -3.83. The summed E-state index contributed by atoms with van der Waals surface area (Å²) in [4.78, 5) is 40.5. The predicted octanol–water partition coefficient (Wildman–Crippen LogP) is 4.77. The van der Waals surface area contributed by atoms with E-state index in [-0.39, 0.29) is 16.5 Å². The fraction of sp³-hybridized carbons (Fsp3) is 0.296. The number of thiazole rings is 1. The summed E-state index contributed by atoms with van der Waals surface area (Å²) in [6, 6.07) is 4.79. The van der Waals surface area contributed by atoms with Crippen LogP contribution >= 0.6 is 22.9 Å². The lowest BCUT2D eigenvalue weighted by Gasteiger charge is -2.37. The molecule has 12 heteroatoms. The lowest BCUT2D eigenvalue weighted by atomic mass is 9.85. The Bertz CT molecular complexity index is 1490. The number of aliphatic imine (C=N–C) groups is 1. The highest BCUT2D eigenvalue weighted by Crippen LogP contribution is 2.40. The summed E-state index contributed by atoms with van der Waals surface area (Å²) in [6.45, 7) is 2.89. The van der Waals surface area contributed by atoms with Gasteiger partial charge >= 0.3 is 11.9 Å². The monoisotopic (exact) mass is 569 g/mol. The maximum Gasteiger partial charge on any atom is 0.338 e. The fourth-order valence-electron chi connectivity index (χ4n) is 4.93. The minimum absolute atomic E-state index is 0.0769. The number of carboxylic acid groups (broad SMARTS) is 1. The van der Waals surface area contributed by atoms with E-state index in [1.807, 2.05) is 10.3 Å². The molecule has 3 aromatic rings. The number of aryl methyl sites for hydroxylation is 1. The van der Waals surface area contributed by atoms with E-state index in [1.165, 1.54) is 36.6 Å². The van der Waals surface area contributed by atoms with E-state index in [4.69, 9.17) is 21.3 Å². The lowest BCUT2D eigenvalue weighted by Crippen LogP contribution is -2.41. The number of anilines is 1. The molecule has 1 atom stereocenters. The molecule has 39 heavy (non-hydrogen) atoms. The number of amidine groups is 1. The van der Waals surface area contributed by atoms with E-state index >= 15 is 0 Å². The minimum atomic E-state index is -0.996. The number of carboxylic acids is 1. The highest BCUT2D eigenvalue weighted by atomic mass is 35.5. The number of nitrogens with zero attached hydrogens (tertiary/aromatic N) is 4. The van der Waals surface area contributed by atoms with Crippen LogP contribution < -0.4 is 10.2 Å². The first kappa shape index (κ1) is 26.8. The third kappa shape index (κ3) is 5.37. The zero-order valence-corrected chi connectivity index (χ0v) is 22.7. The SMILES string of the molecule is COC(=O)C1=C(C2CCN(c3cc(C(=O)O)c(C)cn3)CC2)NC(c2nccs2)=NC1c1ccc(F)cc1Cl. The number of rotatable bonds is 6. The number of aromatic carboxylic acids is 1. The van der Waals surface area contributed by atoms with Gasteiger partial charge in [0.2, 0.25) is 0 Å². The number of methoxy groups -OCH3 is 1. The highest BCUT2D eigenvalue weighted by molar-refractivity contribution is 7.11. The molecule has 1 fully saturated rings. The summed E-state index contributed by atoms with van der Waals surface area (Å²) in [5.41, 5.74) is 2.27. The number of benzene rings is 1. The van der Waals surface area contributed by atoms with Gasteiger partial charge in [-0.25, -0.2) is 23.9 Å². The lowest BCUT2D eigenvalue weighted by molar-refractivity contribution is -0.136. The molecule has 202 valence electrons. The summed E-state index contributed by atoms with van der Waals surface area (Å²) in [5.74, 6) is -1.04. The van der Waals surface area contributed by atoms with Crippen molar-refractivity contribution in [2.75, 3.05) is 25.1 Å². The molecule has 2 aromatic heterocycles. The molecule has 5 rings (SSSR count). The molecule has 0 aliphatic carbocycles. The molecule has 9 nitrogen and oxygen atoms in total. The normalized spacial score (nSPS) is 18.0. The van der Waals surface area contributed by atoms with Crippen LogP contribution in [0.2, 0.25) is 5.02 Å². The molecule has 0 bridgehead atoms. The van der Waals surface area contributed by atoms with Crippen LogP contribution in [0, 0.1) is 18.7 Å². The number of esters is 1. The molecule has 2 N–H and O–H groups in total. The van der Waals surface area contributed by atoms with Gasteiger partial charge in [-0.3, -0.25) is 4.99 Å². The number of carbonyl (C=O) groups is 2. The van der Waals surface area contributed by atoms with E-state index in [0.29, 0.717) is 65.0 Å². The average Bonchev–Trinajstić information content (AvgIpc) is 3.47. The Morgan fingerprint density at radius 3 is 2.64 bits per heavy atom. The van der Waals surface area contributed by atoms with E-state index < -0.39 is 23.8 Å². The van der Waals surface area contributed by atoms with Gasteiger partial charge in [0.25, 0.3) is 0 Å². The number of hydrogen-bond acceptors (Lipinski definition) is 9. The molecule has 1 aromatic carbocycles. The van der Waals surface area contributed by atoms with E-state index in [1.54, 1.807) is 25.4 Å². The summed E-state index contributed by atoms with van der Waals surface area (Å²) >= 11 is 7.84. The van der Waals surface area contributed by atoms with Crippen molar-refractivity contribution in [3.8, 4) is 0 Å². The maximum atomic E-state index is 13.9. The van der Waals surface area contributed by atoms with Crippen molar-refractivity contribution in [3.05, 3.63) is 85.8 Å². The van der Waals surface area contributed by atoms with Gasteiger partial charge in [-0.15, -0.1) is 11.3 Å². The van der Waals surface area contributed by atoms with E-state index in [0.717, 1.165) is 0 Å². The van der Waals surface area contributed by atoms with Crippen LogP contribution in [0.4, 0.5) is 10.2 Å². The van der Waals surface area contributed by atoms with Gasteiger partial charge in [-0.2, -0.15) is 0 Å². The molecular weight excluding hydrogens is 545 g/mol. The molecule has 0 radical (unpaired) electrons. The Balaban J connectivity index is 1.51. The van der Waals surface area contributed by atoms with Crippen LogP contribution in [0.3, 0.4) is 0 Å². The molecule has 4 heterocycles. The first-order chi connectivity index (χ1) is 18.8. The van der Waals surface area contributed by atoms with Gasteiger partial charge in [0.1, 0.15) is 17.7 Å². The van der Waals surface area contributed by atoms with Crippen LogP contribution in [0.15, 0.2) is 58.3 Å². The van der Waals surface area contributed by atoms with Crippen molar-refractivity contribution < 1.29 is 23.8 Å². The summed E-state index contributed by atoms with van der Waals surface area (Å²) in [6.07, 6.45) is 4.53. The third-order valence-corrected chi connectivity index (χ3v) is 8.03. The van der Waals surface area contributed by atoms with Gasteiger partial charge < -0.3 is 20.1 Å². The first-order valence-corrected chi connectivity index (χ1v) is 13.5. The van der Waals surface area contributed by atoms with E-state index in [2.05, 4.69) is 15.3 Å². The second-order valence-corrected chi connectivity index (χ2v) is 10.6. The third-order valence-electron chi connectivity index (χ3n) is 6.92. The van der Waals surface area contributed by atoms with Crippen LogP contribution in [0.25, 0.3) is 0 Å². The molecule has 2 aliphatic rings. The zero-order chi connectivity index (χ0) is 27.7. The Labute approximate surface area is 233 Å². The molecule has 1 saturated heterocycles. The van der Waals surface area contributed by atoms with Crippen LogP contribution in [0.1, 0.15) is 45.4 Å². The topological polar surface area (TPSA) is 117 Å². The Morgan fingerprint density at radius 2 is 2.00 bits per heavy atom. The fourth-order valence-corrected chi connectivity index (χ4v) is 5.79. The van der Waals surface area contributed by atoms with Gasteiger partial charge in [-0.1, -0.05) is 17.7 Å². The number of piperidine rings is 1. The van der Waals surface area contributed by atoms with Gasteiger partial charge in [0.05, 0.1) is 18.2 Å². The van der Waals surface area contributed by atoms with Crippen molar-refractivity contribution in [2.24, 2.45) is 10.9 Å². The van der Waals surface area contributed by atoms with Crippen molar-refractivity contribution in [3.63, 3.8) is 0 Å². The van der Waals surface area contributed by atoms with Gasteiger partial charge in [0, 0.05) is 53.1 Å². The molecule has 0 spiro atoms. The number of nitrogens with one attached hydrogen (secondary N) is 1. The number of ether oxygens (including phenoxy) is 1. The summed E-state index contributed by atoms with van der Waals surface area (Å²) in [5, 5.41) is 15.5. The largest absolute Gasteiger partial charge is 0.478 e. The highest BCUT2D eigenvalue weighted by Gasteiger charge is 2.37. The van der Waals surface area contributed by atoms with Crippen LogP contribution in [-0.4, -0.2) is 53.0 Å². The number of allylic oxidation sites excluding steroid dienone is 1. The van der Waals surface area contributed by atoms with E-state index in [9.17, 15) is 19.1 Å². The number of carbonyl (C=O) groups excluding carboxylic acids is 1. The van der Waals surface area contributed by atoms with Crippen LogP contribution in [0.5, 0.6) is 0 Å². The van der Waals surface area contributed by atoms with Crippen molar-refractivity contribution >= 4 is 46.5 Å². The number of pyridine rings is 1. The minimum Gasteiger partial charge on any atom is -0.478 e. The standard InChI is InChI=1S/C27H25ClFN5O4S/c1-14-13-31-20(12-18(14)26(35)36)34-8-5-15(6-9-34)22-21(27(37)38-2)23(17-4-3-16(29)11-19(17)28)33-24(32-22)25-30-7-10-39-25/h3-4,7,10-13,15,23H,5-6,8-9H2,1-2H3,(H,32,33)(H,35,36). The molecule has 2 aliphatic heterocycles. The summed E-state index contributed by atoms with van der Waals surface area (Å²) < 4.78 is 19.1.